The molecule has 3 heteroatoms. The van der Waals surface area contributed by atoms with Crippen molar-refractivity contribution >= 4 is 0 Å². The molecule has 1 aromatic heterocycles. The van der Waals surface area contributed by atoms with Crippen LogP contribution in [0.3, 0.4) is 0 Å². The lowest BCUT2D eigenvalue weighted by atomic mass is 10.1. The molecule has 1 N–H and O–H groups in total. The van der Waals surface area contributed by atoms with Gasteiger partial charge in [0.15, 0.2) is 0 Å². The van der Waals surface area contributed by atoms with Crippen LogP contribution in [0.25, 0.3) is 0 Å². The normalized spacial score (nSPS) is 10.8. The Kier molecular flexibility index (Phi) is 3.83. The van der Waals surface area contributed by atoms with E-state index in [1.54, 1.807) is 6.33 Å². The fourth-order valence-corrected chi connectivity index (χ4v) is 1.25. The second kappa shape index (κ2) is 4.92. The lowest BCUT2D eigenvalue weighted by Crippen LogP contribution is -2.08. The van der Waals surface area contributed by atoms with E-state index in [4.69, 9.17) is 0 Å². The first kappa shape index (κ1) is 10.1. The average Bonchev–Trinajstić information content (AvgIpc) is 2.04. The molecule has 0 radical (unpaired) electrons. The van der Waals surface area contributed by atoms with Gasteiger partial charge in [-0.2, -0.15) is 0 Å². The van der Waals surface area contributed by atoms with Gasteiger partial charge in [0.1, 0.15) is 6.33 Å². The van der Waals surface area contributed by atoms with E-state index in [2.05, 4.69) is 35.2 Å². The van der Waals surface area contributed by atoms with Crippen molar-refractivity contribution in [3.8, 4) is 0 Å². The first-order valence-electron chi connectivity index (χ1n) is 4.66. The summed E-state index contributed by atoms with van der Waals surface area (Å²) < 4.78 is 0. The summed E-state index contributed by atoms with van der Waals surface area (Å²) >= 11 is 0. The van der Waals surface area contributed by atoms with Gasteiger partial charge in [0.05, 0.1) is 5.69 Å². The highest BCUT2D eigenvalue weighted by molar-refractivity contribution is 5.08. The number of rotatable bonds is 4. The van der Waals surface area contributed by atoms with Gasteiger partial charge in [-0.15, -0.1) is 0 Å². The molecule has 3 nitrogen and oxygen atoms in total. The molecule has 0 aliphatic heterocycles. The molecule has 0 saturated heterocycles. The maximum absolute atomic E-state index is 4.22. The van der Waals surface area contributed by atoms with Crippen molar-refractivity contribution in [3.05, 3.63) is 23.8 Å². The van der Waals surface area contributed by atoms with Crippen LogP contribution in [-0.2, 0) is 13.0 Å². The summed E-state index contributed by atoms with van der Waals surface area (Å²) in [5, 5.41) is 3.07. The highest BCUT2D eigenvalue weighted by Crippen LogP contribution is 2.05. The van der Waals surface area contributed by atoms with Crippen molar-refractivity contribution in [2.45, 2.75) is 26.8 Å². The Hall–Kier alpha value is -0.960. The van der Waals surface area contributed by atoms with Gasteiger partial charge in [-0.25, -0.2) is 9.97 Å². The summed E-state index contributed by atoms with van der Waals surface area (Å²) in [4.78, 5) is 8.39. The molecule has 0 spiro atoms. The van der Waals surface area contributed by atoms with Gasteiger partial charge in [-0.1, -0.05) is 13.8 Å². The van der Waals surface area contributed by atoms with Crippen LogP contribution >= 0.6 is 0 Å². The summed E-state index contributed by atoms with van der Waals surface area (Å²) in [5.74, 6) is 0.650. The van der Waals surface area contributed by atoms with Crippen molar-refractivity contribution in [1.29, 1.82) is 0 Å². The summed E-state index contributed by atoms with van der Waals surface area (Å²) in [6, 6.07) is 2.07. The zero-order chi connectivity index (χ0) is 9.68. The number of aromatic nitrogens is 2. The van der Waals surface area contributed by atoms with E-state index in [1.807, 2.05) is 7.05 Å². The fraction of sp³-hybridized carbons (Fsp3) is 0.600. The SMILES string of the molecule is CNCc1cc(CC(C)C)ncn1. The van der Waals surface area contributed by atoms with Gasteiger partial charge in [0.25, 0.3) is 0 Å². The third-order valence-electron chi connectivity index (χ3n) is 1.76. The van der Waals surface area contributed by atoms with E-state index in [1.165, 1.54) is 0 Å². The van der Waals surface area contributed by atoms with E-state index in [9.17, 15) is 0 Å². The van der Waals surface area contributed by atoms with Crippen LogP contribution in [0.15, 0.2) is 12.4 Å². The molecule has 1 rings (SSSR count). The van der Waals surface area contributed by atoms with Crippen LogP contribution in [-0.4, -0.2) is 17.0 Å². The molecule has 0 aromatic carbocycles. The Morgan fingerprint density at radius 2 is 2.00 bits per heavy atom. The van der Waals surface area contributed by atoms with Crippen molar-refractivity contribution in [2.75, 3.05) is 7.05 Å². The Balaban J connectivity index is 2.67. The van der Waals surface area contributed by atoms with Crippen LogP contribution in [0.2, 0.25) is 0 Å². The minimum atomic E-state index is 0.650. The highest BCUT2D eigenvalue weighted by Gasteiger charge is 2.00. The number of nitrogens with zero attached hydrogens (tertiary/aromatic N) is 2. The van der Waals surface area contributed by atoms with Gasteiger partial charge in [0.2, 0.25) is 0 Å². The molecule has 0 saturated carbocycles. The standard InChI is InChI=1S/C10H17N3/c1-8(2)4-9-5-10(6-11-3)13-7-12-9/h5,7-8,11H,4,6H2,1-3H3. The second-order valence-corrected chi connectivity index (χ2v) is 3.63. The van der Waals surface area contributed by atoms with Crippen molar-refractivity contribution in [2.24, 2.45) is 5.92 Å². The lowest BCUT2D eigenvalue weighted by molar-refractivity contribution is 0.631. The minimum Gasteiger partial charge on any atom is -0.314 e. The van der Waals surface area contributed by atoms with Crippen LogP contribution in [0.4, 0.5) is 0 Å². The maximum atomic E-state index is 4.22. The topological polar surface area (TPSA) is 37.8 Å². The van der Waals surface area contributed by atoms with E-state index in [-0.39, 0.29) is 0 Å². The van der Waals surface area contributed by atoms with Crippen LogP contribution in [0.5, 0.6) is 0 Å². The largest absolute Gasteiger partial charge is 0.314 e. The van der Waals surface area contributed by atoms with Crippen LogP contribution < -0.4 is 5.32 Å². The zero-order valence-electron chi connectivity index (χ0n) is 8.54. The Labute approximate surface area is 79.6 Å². The first-order chi connectivity index (χ1) is 6.22. The number of hydrogen-bond donors (Lipinski definition) is 1. The highest BCUT2D eigenvalue weighted by atomic mass is 14.9. The molecule has 0 aliphatic rings. The molecular formula is C10H17N3. The number of hydrogen-bond acceptors (Lipinski definition) is 3. The molecule has 0 amide bonds. The van der Waals surface area contributed by atoms with Gasteiger partial charge in [-0.05, 0) is 25.5 Å². The van der Waals surface area contributed by atoms with E-state index in [0.29, 0.717) is 5.92 Å². The molecule has 1 heterocycles. The molecule has 0 bridgehead atoms. The maximum Gasteiger partial charge on any atom is 0.115 e. The predicted octanol–water partition coefficient (Wildman–Crippen LogP) is 1.39. The minimum absolute atomic E-state index is 0.650. The van der Waals surface area contributed by atoms with Gasteiger partial charge in [0, 0.05) is 12.2 Å². The van der Waals surface area contributed by atoms with E-state index >= 15 is 0 Å². The van der Waals surface area contributed by atoms with Gasteiger partial charge >= 0.3 is 0 Å². The molecule has 72 valence electrons. The first-order valence-corrected chi connectivity index (χ1v) is 4.66. The quantitative estimate of drug-likeness (QED) is 0.759. The third kappa shape index (κ3) is 3.51. The van der Waals surface area contributed by atoms with Crippen molar-refractivity contribution in [3.63, 3.8) is 0 Å². The van der Waals surface area contributed by atoms with Crippen LogP contribution in [0, 0.1) is 5.92 Å². The fourth-order valence-electron chi connectivity index (χ4n) is 1.25. The van der Waals surface area contributed by atoms with Gasteiger partial charge < -0.3 is 5.32 Å². The monoisotopic (exact) mass is 179 g/mol. The second-order valence-electron chi connectivity index (χ2n) is 3.63. The lowest BCUT2D eigenvalue weighted by Gasteiger charge is -2.05. The smallest absolute Gasteiger partial charge is 0.115 e. The Bertz CT molecular complexity index is 258. The summed E-state index contributed by atoms with van der Waals surface area (Å²) in [6.45, 7) is 5.20. The van der Waals surface area contributed by atoms with E-state index in [0.717, 1.165) is 24.4 Å². The van der Waals surface area contributed by atoms with Crippen molar-refractivity contribution in [1.82, 2.24) is 15.3 Å². The van der Waals surface area contributed by atoms with Crippen LogP contribution in [0.1, 0.15) is 25.2 Å². The van der Waals surface area contributed by atoms with E-state index < -0.39 is 0 Å². The molecule has 0 atom stereocenters. The third-order valence-corrected chi connectivity index (χ3v) is 1.76. The summed E-state index contributed by atoms with van der Waals surface area (Å²) in [5.41, 5.74) is 2.20. The molecule has 0 aliphatic carbocycles. The average molecular weight is 179 g/mol. The van der Waals surface area contributed by atoms with Crippen molar-refractivity contribution < 1.29 is 0 Å². The van der Waals surface area contributed by atoms with Gasteiger partial charge in [-0.3, -0.25) is 0 Å². The zero-order valence-corrected chi connectivity index (χ0v) is 8.54. The summed E-state index contributed by atoms with van der Waals surface area (Å²) in [7, 11) is 1.92. The molecule has 1 aromatic rings. The molecule has 0 unspecified atom stereocenters. The molecule has 13 heavy (non-hydrogen) atoms. The molecule has 0 fully saturated rings. The number of nitrogens with one attached hydrogen (secondary N) is 1. The summed E-state index contributed by atoms with van der Waals surface area (Å²) in [6.07, 6.45) is 2.67. The Morgan fingerprint density at radius 1 is 1.31 bits per heavy atom. The Morgan fingerprint density at radius 3 is 2.62 bits per heavy atom. The molecular weight excluding hydrogens is 162 g/mol. The predicted molar refractivity (Wildman–Crippen MR) is 53.3 cm³/mol.